The minimum Gasteiger partial charge on any atom is -0.436 e. The summed E-state index contributed by atoms with van der Waals surface area (Å²) in [5.41, 5.74) is 0.296. The molecule has 0 amide bonds. The average molecular weight is 383 g/mol. The third kappa shape index (κ3) is 3.97. The predicted molar refractivity (Wildman–Crippen MR) is 88.9 cm³/mol. The van der Waals surface area contributed by atoms with E-state index in [4.69, 9.17) is 9.47 Å². The fourth-order valence-electron chi connectivity index (χ4n) is 3.39. The molecule has 0 radical (unpaired) electrons. The fourth-order valence-corrected chi connectivity index (χ4v) is 3.39. The zero-order valence-corrected chi connectivity index (χ0v) is 15.2. The lowest BCUT2D eigenvalue weighted by Gasteiger charge is -2.39. The van der Waals surface area contributed by atoms with Crippen molar-refractivity contribution in [3.8, 4) is 11.3 Å². The van der Waals surface area contributed by atoms with E-state index in [1.165, 1.54) is 13.1 Å². The van der Waals surface area contributed by atoms with Crippen LogP contribution in [0.2, 0.25) is 0 Å². The van der Waals surface area contributed by atoms with Crippen LogP contribution in [0, 0.1) is 23.4 Å². The highest BCUT2D eigenvalue weighted by Crippen LogP contribution is 2.36. The van der Waals surface area contributed by atoms with Gasteiger partial charge >= 0.3 is 5.97 Å². The molecule has 146 valence electrons. The molecule has 4 atom stereocenters. The fraction of sp³-hybridized carbons (Fsp3) is 0.500. The van der Waals surface area contributed by atoms with Crippen molar-refractivity contribution >= 4 is 5.97 Å². The van der Waals surface area contributed by atoms with E-state index in [1.54, 1.807) is 4.68 Å². The number of hydrogen-bond donors (Lipinski definition) is 0. The smallest absolute Gasteiger partial charge is 0.304 e. The van der Waals surface area contributed by atoms with Gasteiger partial charge in [-0.3, -0.25) is 4.79 Å². The Morgan fingerprint density at radius 1 is 1.33 bits per heavy atom. The highest BCUT2D eigenvalue weighted by atomic mass is 19.2. The normalized spacial score (nSPS) is 25.4. The van der Waals surface area contributed by atoms with Crippen LogP contribution in [0.1, 0.15) is 39.7 Å². The maximum atomic E-state index is 13.5. The number of benzene rings is 1. The number of esters is 1. The van der Waals surface area contributed by atoms with Crippen LogP contribution in [0.4, 0.5) is 13.2 Å². The van der Waals surface area contributed by atoms with E-state index >= 15 is 0 Å². The molecule has 9 heteroatoms. The average Bonchev–Trinajstić information content (AvgIpc) is 3.10. The van der Waals surface area contributed by atoms with Gasteiger partial charge in [-0.25, -0.2) is 17.9 Å². The van der Waals surface area contributed by atoms with Gasteiger partial charge < -0.3 is 9.47 Å². The Bertz CT molecular complexity index is 819. The number of nitrogens with zero attached hydrogens (tertiary/aromatic N) is 3. The highest BCUT2D eigenvalue weighted by molar-refractivity contribution is 5.66. The Labute approximate surface area is 154 Å². The largest absolute Gasteiger partial charge is 0.436 e. The monoisotopic (exact) mass is 383 g/mol. The van der Waals surface area contributed by atoms with E-state index in [0.717, 1.165) is 12.1 Å². The molecule has 27 heavy (non-hydrogen) atoms. The molecule has 1 aromatic carbocycles. The molecule has 1 unspecified atom stereocenters. The van der Waals surface area contributed by atoms with Crippen molar-refractivity contribution in [1.29, 1.82) is 0 Å². The molecule has 2 heterocycles. The topological polar surface area (TPSA) is 66.2 Å². The lowest BCUT2D eigenvalue weighted by Crippen LogP contribution is -2.42. The first-order valence-corrected chi connectivity index (χ1v) is 8.69. The van der Waals surface area contributed by atoms with Crippen LogP contribution in [-0.2, 0) is 14.3 Å². The van der Waals surface area contributed by atoms with Gasteiger partial charge in [0.25, 0.3) is 0 Å². The van der Waals surface area contributed by atoms with Crippen molar-refractivity contribution in [2.24, 2.45) is 5.92 Å². The van der Waals surface area contributed by atoms with Crippen molar-refractivity contribution < 1.29 is 27.4 Å². The number of aromatic nitrogens is 3. The summed E-state index contributed by atoms with van der Waals surface area (Å²) in [6.07, 6.45) is 1.76. The van der Waals surface area contributed by atoms with E-state index in [1.807, 2.05) is 13.8 Å². The summed E-state index contributed by atoms with van der Waals surface area (Å²) in [5.74, 6) is -4.52. The van der Waals surface area contributed by atoms with Gasteiger partial charge in [-0.15, -0.1) is 5.10 Å². The minimum absolute atomic E-state index is 0.0399. The lowest BCUT2D eigenvalue weighted by atomic mass is 9.89. The number of halogens is 3. The Morgan fingerprint density at radius 3 is 2.59 bits per heavy atom. The molecule has 0 aliphatic carbocycles. The Hall–Kier alpha value is -2.42. The zero-order valence-electron chi connectivity index (χ0n) is 15.2. The Balaban J connectivity index is 1.88. The van der Waals surface area contributed by atoms with Crippen LogP contribution < -0.4 is 0 Å². The quantitative estimate of drug-likeness (QED) is 0.596. The molecular weight excluding hydrogens is 363 g/mol. The summed E-state index contributed by atoms with van der Waals surface area (Å²) < 4.78 is 52.7. The molecule has 0 N–H and O–H groups in total. The maximum absolute atomic E-state index is 13.5. The standard InChI is InChI=1S/C18H20F3N3O3/c1-4-16-9(2)15(7-17(27-16)26-10(3)25)24-8-14(22-23-24)11-5-12(19)18(21)13(20)6-11/h5-6,8-9,15-17H,4,7H2,1-3H3/t9-,15+,16+,17?/m0/s1. The molecule has 1 fully saturated rings. The number of carbonyl (C=O) groups is 1. The van der Waals surface area contributed by atoms with Crippen LogP contribution >= 0.6 is 0 Å². The van der Waals surface area contributed by atoms with Crippen molar-refractivity contribution in [3.05, 3.63) is 35.8 Å². The van der Waals surface area contributed by atoms with Crippen LogP contribution in [-0.4, -0.2) is 33.4 Å². The van der Waals surface area contributed by atoms with E-state index in [9.17, 15) is 18.0 Å². The molecule has 0 spiro atoms. The number of hydrogen-bond acceptors (Lipinski definition) is 5. The second kappa shape index (κ2) is 7.67. The molecule has 3 rings (SSSR count). The molecule has 1 aliphatic heterocycles. The van der Waals surface area contributed by atoms with Crippen molar-refractivity contribution in [2.75, 3.05) is 0 Å². The van der Waals surface area contributed by atoms with Crippen LogP contribution in [0.25, 0.3) is 11.3 Å². The zero-order chi connectivity index (χ0) is 19.7. The molecule has 1 aliphatic rings. The van der Waals surface area contributed by atoms with E-state index in [-0.39, 0.29) is 29.3 Å². The summed E-state index contributed by atoms with van der Waals surface area (Å²) in [7, 11) is 0. The van der Waals surface area contributed by atoms with Gasteiger partial charge in [0.1, 0.15) is 5.69 Å². The van der Waals surface area contributed by atoms with Gasteiger partial charge in [0.2, 0.25) is 6.29 Å². The van der Waals surface area contributed by atoms with E-state index in [0.29, 0.717) is 12.8 Å². The lowest BCUT2D eigenvalue weighted by molar-refractivity contribution is -0.219. The van der Waals surface area contributed by atoms with E-state index in [2.05, 4.69) is 10.3 Å². The third-order valence-corrected chi connectivity index (χ3v) is 4.78. The molecule has 6 nitrogen and oxygen atoms in total. The predicted octanol–water partition coefficient (Wildman–Crippen LogP) is 3.63. The Kier molecular flexibility index (Phi) is 5.50. The molecule has 1 aromatic heterocycles. The molecule has 0 saturated carbocycles. The van der Waals surface area contributed by atoms with E-state index < -0.39 is 29.7 Å². The van der Waals surface area contributed by atoms with Gasteiger partial charge in [-0.1, -0.05) is 19.1 Å². The number of rotatable bonds is 4. The summed E-state index contributed by atoms with van der Waals surface area (Å²) in [6.45, 7) is 5.26. The van der Waals surface area contributed by atoms with Gasteiger partial charge in [-0.05, 0) is 18.6 Å². The number of ether oxygens (including phenoxy) is 2. The van der Waals surface area contributed by atoms with Crippen molar-refractivity contribution in [2.45, 2.75) is 52.0 Å². The van der Waals surface area contributed by atoms with Crippen LogP contribution in [0.3, 0.4) is 0 Å². The second-order valence-corrected chi connectivity index (χ2v) is 6.62. The highest BCUT2D eigenvalue weighted by Gasteiger charge is 2.38. The molecule has 0 bridgehead atoms. The van der Waals surface area contributed by atoms with Gasteiger partial charge in [0, 0.05) is 24.8 Å². The first kappa shape index (κ1) is 19.3. The van der Waals surface area contributed by atoms with Crippen LogP contribution in [0.5, 0.6) is 0 Å². The van der Waals surface area contributed by atoms with Gasteiger partial charge in [0.05, 0.1) is 18.3 Å². The van der Waals surface area contributed by atoms with Crippen molar-refractivity contribution in [3.63, 3.8) is 0 Å². The summed E-state index contributed by atoms with van der Waals surface area (Å²) in [6, 6.07) is 1.55. The SMILES string of the molecule is CC[C@H]1OC(OC(C)=O)C[C@@H](n2cc(-c3cc(F)c(F)c(F)c3)nn2)[C@@H]1C. The first-order valence-electron chi connectivity index (χ1n) is 8.69. The molecular formula is C18H20F3N3O3. The third-order valence-electron chi connectivity index (χ3n) is 4.78. The van der Waals surface area contributed by atoms with Gasteiger partial charge in [-0.2, -0.15) is 0 Å². The van der Waals surface area contributed by atoms with Crippen molar-refractivity contribution in [1.82, 2.24) is 15.0 Å². The minimum atomic E-state index is -1.53. The van der Waals surface area contributed by atoms with Gasteiger partial charge in [0.15, 0.2) is 17.5 Å². The molecule has 2 aromatic rings. The molecule has 1 saturated heterocycles. The van der Waals surface area contributed by atoms with Crippen LogP contribution in [0.15, 0.2) is 18.3 Å². The summed E-state index contributed by atoms with van der Waals surface area (Å²) in [5, 5.41) is 8.02. The maximum Gasteiger partial charge on any atom is 0.304 e. The summed E-state index contributed by atoms with van der Waals surface area (Å²) in [4.78, 5) is 11.3. The summed E-state index contributed by atoms with van der Waals surface area (Å²) >= 11 is 0. The Morgan fingerprint density at radius 2 is 2.00 bits per heavy atom. The number of carbonyl (C=O) groups excluding carboxylic acids is 1. The first-order chi connectivity index (χ1) is 12.8. The second-order valence-electron chi connectivity index (χ2n) is 6.62.